The number of rotatable bonds is 8. The molecule has 6 nitrogen and oxygen atoms in total. The van der Waals surface area contributed by atoms with Gasteiger partial charge in [-0.15, -0.1) is 0 Å². The van der Waals surface area contributed by atoms with Crippen LogP contribution in [-0.2, 0) is 0 Å². The highest BCUT2D eigenvalue weighted by Crippen LogP contribution is 2.32. The fourth-order valence-corrected chi connectivity index (χ4v) is 4.23. The van der Waals surface area contributed by atoms with Crippen molar-refractivity contribution in [2.75, 3.05) is 0 Å². The van der Waals surface area contributed by atoms with E-state index < -0.39 is 0 Å². The van der Waals surface area contributed by atoms with E-state index in [-0.39, 0.29) is 5.82 Å². The lowest BCUT2D eigenvalue weighted by atomic mass is 10.0. The Bertz CT molecular complexity index is 1700. The largest absolute Gasteiger partial charge is 0.359 e. The molecule has 0 radical (unpaired) electrons. The number of benzene rings is 2. The molecular weight excluding hydrogens is 463 g/mol. The first kappa shape index (κ1) is 23.9. The van der Waals surface area contributed by atoms with Crippen molar-refractivity contribution in [2.45, 2.75) is 20.3 Å². The fraction of sp³-hybridized carbons (Fsp3) is 0.100. The third-order valence-corrected chi connectivity index (χ3v) is 6.24. The van der Waals surface area contributed by atoms with Gasteiger partial charge in [0.2, 0.25) is 0 Å². The highest BCUT2D eigenvalue weighted by Gasteiger charge is 2.16. The van der Waals surface area contributed by atoms with Crippen molar-refractivity contribution in [1.82, 2.24) is 30.5 Å². The SMILES string of the molecule is C=C/C(=C\C(=C/C)c1ccc2[nH]nc(-c3nc4c(-c5cccc(F)c5)cncc4[nH]3)c2c1)NC(=C)CC. The van der Waals surface area contributed by atoms with Gasteiger partial charge in [0.15, 0.2) is 5.82 Å². The predicted molar refractivity (Wildman–Crippen MR) is 149 cm³/mol. The summed E-state index contributed by atoms with van der Waals surface area (Å²) in [6.07, 6.45) is 10.1. The molecule has 3 N–H and O–H groups in total. The third kappa shape index (κ3) is 4.71. The average Bonchev–Trinajstić information content (AvgIpc) is 3.54. The number of aromatic amines is 2. The summed E-state index contributed by atoms with van der Waals surface area (Å²) in [5.74, 6) is 0.299. The maximum atomic E-state index is 13.9. The second kappa shape index (κ2) is 10.1. The molecule has 0 fully saturated rings. The van der Waals surface area contributed by atoms with Crippen LogP contribution in [0.15, 0.2) is 97.6 Å². The summed E-state index contributed by atoms with van der Waals surface area (Å²) in [6, 6.07) is 12.6. The van der Waals surface area contributed by atoms with Crippen LogP contribution < -0.4 is 5.32 Å². The number of hydrogen-bond donors (Lipinski definition) is 3. The molecule has 0 unspecified atom stereocenters. The van der Waals surface area contributed by atoms with Gasteiger partial charge < -0.3 is 10.3 Å². The molecule has 0 amide bonds. The van der Waals surface area contributed by atoms with Gasteiger partial charge in [0, 0.05) is 28.5 Å². The van der Waals surface area contributed by atoms with Crippen LogP contribution in [0.1, 0.15) is 25.8 Å². The lowest BCUT2D eigenvalue weighted by Gasteiger charge is -2.10. The summed E-state index contributed by atoms with van der Waals surface area (Å²) < 4.78 is 13.9. The van der Waals surface area contributed by atoms with Gasteiger partial charge >= 0.3 is 0 Å². The normalized spacial score (nSPS) is 12.3. The number of H-pyrrole nitrogens is 2. The van der Waals surface area contributed by atoms with Gasteiger partial charge in [0.25, 0.3) is 0 Å². The number of halogens is 1. The van der Waals surface area contributed by atoms with Crippen molar-refractivity contribution in [2.24, 2.45) is 0 Å². The molecular formula is C30H27FN6. The monoisotopic (exact) mass is 490 g/mol. The van der Waals surface area contributed by atoms with E-state index >= 15 is 0 Å². The Morgan fingerprint density at radius 2 is 2.00 bits per heavy atom. The van der Waals surface area contributed by atoms with Gasteiger partial charge in [-0.05, 0) is 66.5 Å². The van der Waals surface area contributed by atoms with Crippen LogP contribution in [-0.4, -0.2) is 25.1 Å². The number of nitrogens with one attached hydrogen (secondary N) is 3. The van der Waals surface area contributed by atoms with Gasteiger partial charge in [0.1, 0.15) is 11.5 Å². The second-order valence-electron chi connectivity index (χ2n) is 8.64. The molecule has 0 saturated carbocycles. The lowest BCUT2D eigenvalue weighted by Crippen LogP contribution is -2.09. The van der Waals surface area contributed by atoms with E-state index in [1.807, 2.05) is 25.1 Å². The van der Waals surface area contributed by atoms with Crippen LogP contribution in [0.25, 0.3) is 50.2 Å². The van der Waals surface area contributed by atoms with Gasteiger partial charge in [0.05, 0.1) is 22.7 Å². The Morgan fingerprint density at radius 3 is 2.76 bits per heavy atom. The standard InChI is InChI=1S/C30H27FN6/c1-5-18(4)33-23(7-3)14-19(6-2)20-11-12-26-24(15-20)29(37-36-26)30-34-27-17-32-16-25(28(27)35-30)21-9-8-10-22(31)13-21/h6-17,33H,3-5H2,1-2H3,(H,34,35)(H,36,37)/b19-6+,23-14+. The van der Waals surface area contributed by atoms with E-state index in [4.69, 9.17) is 4.98 Å². The highest BCUT2D eigenvalue weighted by molar-refractivity contribution is 5.98. The molecule has 37 heavy (non-hydrogen) atoms. The number of allylic oxidation sites excluding steroid dienone is 5. The molecule has 0 atom stereocenters. The van der Waals surface area contributed by atoms with E-state index in [1.54, 1.807) is 24.5 Å². The van der Waals surface area contributed by atoms with Gasteiger partial charge in [-0.2, -0.15) is 5.10 Å². The Morgan fingerprint density at radius 1 is 1.14 bits per heavy atom. The van der Waals surface area contributed by atoms with Crippen molar-refractivity contribution in [3.05, 3.63) is 109 Å². The Kier molecular flexibility index (Phi) is 6.51. The lowest BCUT2D eigenvalue weighted by molar-refractivity contribution is 0.628. The van der Waals surface area contributed by atoms with Crippen LogP contribution in [0.4, 0.5) is 4.39 Å². The van der Waals surface area contributed by atoms with E-state index in [0.717, 1.165) is 50.9 Å². The molecule has 2 aromatic carbocycles. The maximum absolute atomic E-state index is 13.9. The molecule has 0 saturated heterocycles. The zero-order valence-corrected chi connectivity index (χ0v) is 20.8. The Hall–Kier alpha value is -4.78. The van der Waals surface area contributed by atoms with Gasteiger partial charge in [-0.3, -0.25) is 10.1 Å². The first-order valence-electron chi connectivity index (χ1n) is 12.0. The highest BCUT2D eigenvalue weighted by atomic mass is 19.1. The van der Waals surface area contributed by atoms with Crippen LogP contribution in [0, 0.1) is 5.82 Å². The summed E-state index contributed by atoms with van der Waals surface area (Å²) in [4.78, 5) is 12.5. The molecule has 0 aliphatic carbocycles. The van der Waals surface area contributed by atoms with E-state index in [2.05, 4.69) is 63.8 Å². The smallest absolute Gasteiger partial charge is 0.159 e. The number of imidazole rings is 1. The molecule has 5 rings (SSSR count). The van der Waals surface area contributed by atoms with Crippen LogP contribution in [0.3, 0.4) is 0 Å². The molecule has 5 aromatic rings. The number of fused-ring (bicyclic) bond motifs is 2. The zero-order chi connectivity index (χ0) is 25.9. The van der Waals surface area contributed by atoms with E-state index in [0.29, 0.717) is 22.6 Å². The third-order valence-electron chi connectivity index (χ3n) is 6.24. The minimum absolute atomic E-state index is 0.307. The van der Waals surface area contributed by atoms with Gasteiger partial charge in [-0.25, -0.2) is 9.37 Å². The number of hydrogen-bond acceptors (Lipinski definition) is 4. The molecule has 3 aromatic heterocycles. The number of nitrogens with zero attached hydrogens (tertiary/aromatic N) is 3. The number of aromatic nitrogens is 5. The average molecular weight is 491 g/mol. The van der Waals surface area contributed by atoms with Gasteiger partial charge in [-0.1, -0.05) is 44.4 Å². The van der Waals surface area contributed by atoms with Crippen molar-refractivity contribution >= 4 is 27.5 Å². The first-order valence-corrected chi connectivity index (χ1v) is 12.0. The van der Waals surface area contributed by atoms with Crippen molar-refractivity contribution < 1.29 is 4.39 Å². The first-order chi connectivity index (χ1) is 18.0. The summed E-state index contributed by atoms with van der Waals surface area (Å²) in [5, 5.41) is 11.9. The summed E-state index contributed by atoms with van der Waals surface area (Å²) in [6.45, 7) is 12.0. The van der Waals surface area contributed by atoms with Crippen molar-refractivity contribution in [1.29, 1.82) is 0 Å². The van der Waals surface area contributed by atoms with Crippen molar-refractivity contribution in [3.8, 4) is 22.6 Å². The maximum Gasteiger partial charge on any atom is 0.159 e. The minimum Gasteiger partial charge on any atom is -0.359 e. The van der Waals surface area contributed by atoms with E-state index in [1.165, 1.54) is 12.1 Å². The van der Waals surface area contributed by atoms with Crippen LogP contribution >= 0.6 is 0 Å². The topological polar surface area (TPSA) is 82.3 Å². The molecule has 0 aliphatic rings. The fourth-order valence-electron chi connectivity index (χ4n) is 4.23. The molecule has 3 heterocycles. The quantitative estimate of drug-likeness (QED) is 0.199. The summed E-state index contributed by atoms with van der Waals surface area (Å²) in [5.41, 5.74) is 8.36. The zero-order valence-electron chi connectivity index (χ0n) is 20.8. The summed E-state index contributed by atoms with van der Waals surface area (Å²) in [7, 11) is 0. The van der Waals surface area contributed by atoms with Crippen molar-refractivity contribution in [3.63, 3.8) is 0 Å². The predicted octanol–water partition coefficient (Wildman–Crippen LogP) is 7.29. The van der Waals surface area contributed by atoms with Crippen LogP contribution in [0.5, 0.6) is 0 Å². The van der Waals surface area contributed by atoms with E-state index in [9.17, 15) is 4.39 Å². The molecule has 0 bridgehead atoms. The van der Waals surface area contributed by atoms with Crippen LogP contribution in [0.2, 0.25) is 0 Å². The second-order valence-corrected chi connectivity index (χ2v) is 8.64. The summed E-state index contributed by atoms with van der Waals surface area (Å²) >= 11 is 0. The minimum atomic E-state index is -0.307. The molecule has 184 valence electrons. The molecule has 0 spiro atoms. The Balaban J connectivity index is 1.58. The number of pyridine rings is 1. The Labute approximate surface area is 214 Å². The molecule has 7 heteroatoms. The molecule has 0 aliphatic heterocycles.